The van der Waals surface area contributed by atoms with Gasteiger partial charge in [-0.05, 0) is 61.2 Å². The maximum absolute atomic E-state index is 11.9. The first-order chi connectivity index (χ1) is 18.6. The summed E-state index contributed by atoms with van der Waals surface area (Å²) < 4.78 is 22.9. The molecule has 0 amide bonds. The Hall–Kier alpha value is -1.56. The van der Waals surface area contributed by atoms with Crippen molar-refractivity contribution in [3.63, 3.8) is 0 Å². The number of aliphatic hydroxyl groups excluding tert-OH is 4. The van der Waals surface area contributed by atoms with Crippen molar-refractivity contribution < 1.29 is 49.0 Å². The molecule has 10 nitrogen and oxygen atoms in total. The molecule has 0 aromatic rings. The molecular weight excluding hydrogens is 520 g/mol. The third-order valence-electron chi connectivity index (χ3n) is 10.5. The quantitative estimate of drug-likeness (QED) is 0.204. The molecule has 0 radical (unpaired) electrons. The zero-order valence-electron chi connectivity index (χ0n) is 24.7. The van der Waals surface area contributed by atoms with E-state index in [0.717, 1.165) is 38.5 Å². The highest BCUT2D eigenvalue weighted by atomic mass is 16.7. The average Bonchev–Trinajstić information content (AvgIpc) is 2.87. The second-order valence-electron chi connectivity index (χ2n) is 13.5. The molecule has 3 aliphatic carbocycles. The minimum Gasteiger partial charge on any atom is -0.462 e. The molecule has 1 saturated heterocycles. The number of hydrogen-bond donors (Lipinski definition) is 4. The van der Waals surface area contributed by atoms with Gasteiger partial charge in [-0.2, -0.15) is 0 Å². The van der Waals surface area contributed by atoms with Gasteiger partial charge in [-0.15, -0.1) is 0 Å². The average molecular weight is 569 g/mol. The highest BCUT2D eigenvalue weighted by Gasteiger charge is 2.59. The Balaban J connectivity index is 1.52. The molecule has 40 heavy (non-hydrogen) atoms. The van der Waals surface area contributed by atoms with Crippen LogP contribution in [0.1, 0.15) is 80.1 Å². The van der Waals surface area contributed by atoms with Crippen LogP contribution in [0.3, 0.4) is 0 Å². The Kier molecular flexibility index (Phi) is 9.11. The van der Waals surface area contributed by atoms with Gasteiger partial charge in [0.2, 0.25) is 0 Å². The van der Waals surface area contributed by atoms with E-state index < -0.39 is 60.8 Å². The standard InChI is InChI=1S/C30H48O10/c1-16(32)37-15-23(38-17(2)33)29(5)11-9-19-18(13-29)7-8-21-28(3,4)22(10-12-30(19,21)6)40-27-26(36)25(35)24(34)20(14-31)39-27/h13,19-27,31,34-36H,7-12,14-15H2,1-6H3/t19-,20?,21-,22?,23?,24?,25?,26?,27?,29+,30+/m1/s1. The van der Waals surface area contributed by atoms with Crippen LogP contribution in [-0.2, 0) is 28.5 Å². The van der Waals surface area contributed by atoms with Crippen LogP contribution in [0.15, 0.2) is 11.6 Å². The van der Waals surface area contributed by atoms with E-state index in [4.69, 9.17) is 18.9 Å². The van der Waals surface area contributed by atoms with E-state index in [-0.39, 0.29) is 23.5 Å². The molecule has 11 atom stereocenters. The Labute approximate surface area is 237 Å². The summed E-state index contributed by atoms with van der Waals surface area (Å²) >= 11 is 0. The van der Waals surface area contributed by atoms with Gasteiger partial charge < -0.3 is 39.4 Å². The summed E-state index contributed by atoms with van der Waals surface area (Å²) in [6.45, 7) is 11.1. The van der Waals surface area contributed by atoms with E-state index in [2.05, 4.69) is 33.8 Å². The fraction of sp³-hybridized carbons (Fsp3) is 0.867. The van der Waals surface area contributed by atoms with Crippen LogP contribution in [-0.4, -0.2) is 88.5 Å². The van der Waals surface area contributed by atoms with Gasteiger partial charge in [0, 0.05) is 19.3 Å². The van der Waals surface area contributed by atoms with E-state index in [1.807, 2.05) is 0 Å². The number of carbonyl (C=O) groups excluding carboxylic acids is 2. The zero-order valence-corrected chi connectivity index (χ0v) is 24.7. The summed E-state index contributed by atoms with van der Waals surface area (Å²) in [6.07, 6.45) is 0.243. The van der Waals surface area contributed by atoms with Gasteiger partial charge in [0.1, 0.15) is 37.1 Å². The molecule has 1 aliphatic heterocycles. The first kappa shape index (κ1) is 31.4. The van der Waals surface area contributed by atoms with Crippen molar-refractivity contribution in [2.24, 2.45) is 28.1 Å². The largest absolute Gasteiger partial charge is 0.462 e. The molecule has 10 heteroatoms. The molecule has 0 aromatic heterocycles. The lowest BCUT2D eigenvalue weighted by atomic mass is 9.45. The lowest BCUT2D eigenvalue weighted by Gasteiger charge is -2.62. The lowest BCUT2D eigenvalue weighted by molar-refractivity contribution is -0.327. The topological polar surface area (TPSA) is 152 Å². The number of aliphatic hydroxyl groups is 4. The molecule has 0 bridgehead atoms. The summed E-state index contributed by atoms with van der Waals surface area (Å²) in [5, 5.41) is 40.5. The van der Waals surface area contributed by atoms with Crippen molar-refractivity contribution in [3.05, 3.63) is 11.6 Å². The molecule has 3 fully saturated rings. The van der Waals surface area contributed by atoms with E-state index in [1.165, 1.54) is 19.4 Å². The predicted molar refractivity (Wildman–Crippen MR) is 144 cm³/mol. The number of rotatable bonds is 7. The Morgan fingerprint density at radius 2 is 1.70 bits per heavy atom. The highest BCUT2D eigenvalue weighted by molar-refractivity contribution is 5.67. The van der Waals surface area contributed by atoms with Crippen molar-refractivity contribution >= 4 is 11.9 Å². The predicted octanol–water partition coefficient (Wildman–Crippen LogP) is 2.25. The molecule has 4 aliphatic rings. The van der Waals surface area contributed by atoms with Gasteiger partial charge in [-0.3, -0.25) is 9.59 Å². The molecule has 1 heterocycles. The summed E-state index contributed by atoms with van der Waals surface area (Å²) in [7, 11) is 0. The molecular formula is C30H48O10. The van der Waals surface area contributed by atoms with E-state index in [1.54, 1.807) is 0 Å². The van der Waals surface area contributed by atoms with Crippen LogP contribution in [0.2, 0.25) is 0 Å². The lowest BCUT2D eigenvalue weighted by Crippen LogP contribution is -2.62. The van der Waals surface area contributed by atoms with Gasteiger partial charge >= 0.3 is 11.9 Å². The minimum absolute atomic E-state index is 0.0109. The molecule has 2 saturated carbocycles. The van der Waals surface area contributed by atoms with Crippen LogP contribution in [0.4, 0.5) is 0 Å². The minimum atomic E-state index is -1.47. The van der Waals surface area contributed by atoms with Crippen molar-refractivity contribution in [3.8, 4) is 0 Å². The fourth-order valence-corrected chi connectivity index (χ4v) is 8.32. The number of fused-ring (bicyclic) bond motifs is 3. The van der Waals surface area contributed by atoms with Crippen LogP contribution in [0, 0.1) is 28.1 Å². The Morgan fingerprint density at radius 3 is 2.33 bits per heavy atom. The van der Waals surface area contributed by atoms with E-state index in [9.17, 15) is 30.0 Å². The van der Waals surface area contributed by atoms with Gasteiger partial charge in [-0.1, -0.05) is 39.3 Å². The van der Waals surface area contributed by atoms with Gasteiger partial charge in [0.05, 0.1) is 12.7 Å². The molecule has 4 rings (SSSR count). The Morgan fingerprint density at radius 1 is 1.00 bits per heavy atom. The first-order valence-electron chi connectivity index (χ1n) is 14.6. The second kappa shape index (κ2) is 11.6. The number of carbonyl (C=O) groups is 2. The number of esters is 2. The summed E-state index contributed by atoms with van der Waals surface area (Å²) in [4.78, 5) is 23.4. The number of hydrogen-bond acceptors (Lipinski definition) is 10. The van der Waals surface area contributed by atoms with Crippen molar-refractivity contribution in [1.82, 2.24) is 0 Å². The third-order valence-corrected chi connectivity index (χ3v) is 10.5. The van der Waals surface area contributed by atoms with Gasteiger partial charge in [-0.25, -0.2) is 0 Å². The number of ether oxygens (including phenoxy) is 4. The zero-order chi connectivity index (χ0) is 29.6. The van der Waals surface area contributed by atoms with Crippen LogP contribution in [0.5, 0.6) is 0 Å². The van der Waals surface area contributed by atoms with E-state index in [0.29, 0.717) is 11.8 Å². The molecule has 228 valence electrons. The SMILES string of the molecule is CC(=O)OCC(OC(C)=O)[C@]1(C)C=C2CC[C@@H]3C(C)(C)C(OC4OC(CO)C(O)C(O)C4O)CC[C@@]3(C)[C@@H]2CC1. The summed E-state index contributed by atoms with van der Waals surface area (Å²) in [5.41, 5.74) is 0.677. The maximum atomic E-state index is 11.9. The van der Waals surface area contributed by atoms with Crippen LogP contribution in [0.25, 0.3) is 0 Å². The maximum Gasteiger partial charge on any atom is 0.303 e. The molecule has 0 spiro atoms. The molecule has 7 unspecified atom stereocenters. The Bertz CT molecular complexity index is 978. The van der Waals surface area contributed by atoms with Crippen molar-refractivity contribution in [2.45, 2.75) is 123 Å². The first-order valence-corrected chi connectivity index (χ1v) is 14.6. The van der Waals surface area contributed by atoms with Crippen LogP contribution < -0.4 is 0 Å². The second-order valence-corrected chi connectivity index (χ2v) is 13.5. The monoisotopic (exact) mass is 568 g/mol. The molecule has 0 aromatic carbocycles. The van der Waals surface area contributed by atoms with Crippen molar-refractivity contribution in [1.29, 1.82) is 0 Å². The van der Waals surface area contributed by atoms with E-state index >= 15 is 0 Å². The fourth-order valence-electron chi connectivity index (χ4n) is 8.32. The summed E-state index contributed by atoms with van der Waals surface area (Å²) in [5.74, 6) is -0.118. The van der Waals surface area contributed by atoms with Gasteiger partial charge in [0.15, 0.2) is 6.29 Å². The normalized spacial score (nSPS) is 43.5. The van der Waals surface area contributed by atoms with Crippen molar-refractivity contribution in [2.75, 3.05) is 13.2 Å². The summed E-state index contributed by atoms with van der Waals surface area (Å²) in [6, 6.07) is 0. The molecule has 4 N–H and O–H groups in total. The van der Waals surface area contributed by atoms with Crippen LogP contribution >= 0.6 is 0 Å². The van der Waals surface area contributed by atoms with Gasteiger partial charge in [0.25, 0.3) is 0 Å². The smallest absolute Gasteiger partial charge is 0.303 e. The number of allylic oxidation sites excluding steroid dienone is 1. The highest BCUT2D eigenvalue weighted by Crippen LogP contribution is 2.64. The third kappa shape index (κ3) is 5.72.